The van der Waals surface area contributed by atoms with Gasteiger partial charge >= 0.3 is 0 Å². The van der Waals surface area contributed by atoms with E-state index in [1.807, 2.05) is 12.1 Å². The number of H-pyrrole nitrogens is 1. The number of sulfonamides is 1. The highest BCUT2D eigenvalue weighted by atomic mass is 32.2. The first kappa shape index (κ1) is 20.5. The standard InChI is InChI=1S/C23H16N6O3S2/c30-23-17(21-18(27-23)7-8-19-22(21)33-12-25-19)11-24-14-3-5-16(6-4-14)34(31,32)29-15-2-1-13-10-26-28-20(13)9-15/h1-12,17,29H,(H,26,28)(H,27,30). The molecule has 1 amide bonds. The maximum Gasteiger partial charge on any atom is 0.261 e. The molecule has 2 aromatic heterocycles. The molecule has 3 heterocycles. The fraction of sp³-hybridized carbons (Fsp3) is 0.0435. The SMILES string of the molecule is O=C1Nc2ccc3ncsc3c2C1C=Nc1ccc(S(=O)(=O)Nc2ccc3cn[nH]c3c2)cc1. The number of hydrogen-bond acceptors (Lipinski definition) is 7. The number of amides is 1. The highest BCUT2D eigenvalue weighted by Gasteiger charge is 2.31. The van der Waals surface area contributed by atoms with E-state index in [1.165, 1.54) is 23.5 Å². The van der Waals surface area contributed by atoms with Gasteiger partial charge in [-0.05, 0) is 54.6 Å². The largest absolute Gasteiger partial charge is 0.325 e. The van der Waals surface area contributed by atoms with Crippen molar-refractivity contribution in [3.8, 4) is 0 Å². The molecular weight excluding hydrogens is 472 g/mol. The van der Waals surface area contributed by atoms with Gasteiger partial charge < -0.3 is 5.32 Å². The molecule has 0 spiro atoms. The van der Waals surface area contributed by atoms with Crippen molar-refractivity contribution in [3.63, 3.8) is 0 Å². The Labute approximate surface area is 197 Å². The van der Waals surface area contributed by atoms with Crippen LogP contribution in [0.2, 0.25) is 0 Å². The van der Waals surface area contributed by atoms with Gasteiger partial charge in [0, 0.05) is 22.9 Å². The number of fused-ring (bicyclic) bond motifs is 4. The number of anilines is 2. The van der Waals surface area contributed by atoms with Crippen LogP contribution in [-0.2, 0) is 14.8 Å². The van der Waals surface area contributed by atoms with E-state index < -0.39 is 15.9 Å². The van der Waals surface area contributed by atoms with Crippen LogP contribution in [0.25, 0.3) is 21.1 Å². The van der Waals surface area contributed by atoms with Gasteiger partial charge in [0.25, 0.3) is 10.0 Å². The molecule has 0 radical (unpaired) electrons. The lowest BCUT2D eigenvalue weighted by Gasteiger charge is -2.08. The second-order valence-corrected chi connectivity index (χ2v) is 10.3. The molecule has 0 fully saturated rings. The van der Waals surface area contributed by atoms with Crippen molar-refractivity contribution in [2.75, 3.05) is 10.0 Å². The number of aromatic nitrogens is 3. The van der Waals surface area contributed by atoms with Gasteiger partial charge in [0.05, 0.1) is 43.7 Å². The van der Waals surface area contributed by atoms with Gasteiger partial charge in [-0.25, -0.2) is 13.4 Å². The van der Waals surface area contributed by atoms with Gasteiger partial charge in [0.15, 0.2) is 0 Å². The number of rotatable bonds is 5. The van der Waals surface area contributed by atoms with Gasteiger partial charge in [0.2, 0.25) is 5.91 Å². The summed E-state index contributed by atoms with van der Waals surface area (Å²) in [6.45, 7) is 0. The minimum absolute atomic E-state index is 0.103. The summed E-state index contributed by atoms with van der Waals surface area (Å²) in [6.07, 6.45) is 3.25. The van der Waals surface area contributed by atoms with E-state index in [4.69, 9.17) is 0 Å². The maximum absolute atomic E-state index is 12.8. The van der Waals surface area contributed by atoms with Crippen molar-refractivity contribution in [2.24, 2.45) is 4.99 Å². The first-order valence-corrected chi connectivity index (χ1v) is 12.6. The summed E-state index contributed by atoms with van der Waals surface area (Å²) < 4.78 is 29.1. The Morgan fingerprint density at radius 2 is 1.94 bits per heavy atom. The third-order valence-corrected chi connectivity index (χ3v) is 7.88. The Hall–Kier alpha value is -4.09. The lowest BCUT2D eigenvalue weighted by molar-refractivity contribution is -0.115. The topological polar surface area (TPSA) is 129 Å². The highest BCUT2D eigenvalue weighted by molar-refractivity contribution is 7.92. The Kier molecular flexibility index (Phi) is 4.67. The Morgan fingerprint density at radius 1 is 1.09 bits per heavy atom. The quantitative estimate of drug-likeness (QED) is 0.316. The van der Waals surface area contributed by atoms with E-state index in [0.717, 1.165) is 32.4 Å². The van der Waals surface area contributed by atoms with E-state index in [0.29, 0.717) is 11.4 Å². The van der Waals surface area contributed by atoms with Crippen LogP contribution in [0, 0.1) is 0 Å². The van der Waals surface area contributed by atoms with Crippen LogP contribution in [-0.4, -0.2) is 35.7 Å². The second kappa shape index (κ2) is 7.75. The predicted octanol–water partition coefficient (Wildman–Crippen LogP) is 4.41. The van der Waals surface area contributed by atoms with Crippen LogP contribution < -0.4 is 10.0 Å². The van der Waals surface area contributed by atoms with Crippen LogP contribution in [0.4, 0.5) is 17.1 Å². The molecule has 0 aliphatic carbocycles. The molecule has 0 bridgehead atoms. The molecule has 5 aromatic rings. The molecule has 0 saturated carbocycles. The van der Waals surface area contributed by atoms with Crippen molar-refractivity contribution in [2.45, 2.75) is 10.8 Å². The molecule has 6 rings (SSSR count). The number of carbonyl (C=O) groups is 1. The summed E-state index contributed by atoms with van der Waals surface area (Å²) in [5, 5.41) is 10.5. The Balaban J connectivity index is 1.23. The van der Waals surface area contributed by atoms with Gasteiger partial charge in [-0.2, -0.15) is 5.10 Å². The van der Waals surface area contributed by atoms with Crippen LogP contribution in [0.1, 0.15) is 11.5 Å². The maximum atomic E-state index is 12.8. The molecule has 0 saturated heterocycles. The Morgan fingerprint density at radius 3 is 2.79 bits per heavy atom. The van der Waals surface area contributed by atoms with E-state index in [9.17, 15) is 13.2 Å². The van der Waals surface area contributed by atoms with Crippen LogP contribution in [0.5, 0.6) is 0 Å². The molecule has 1 aliphatic rings. The first-order valence-electron chi connectivity index (χ1n) is 10.3. The molecule has 168 valence electrons. The van der Waals surface area contributed by atoms with E-state index in [1.54, 1.807) is 48.3 Å². The van der Waals surface area contributed by atoms with Gasteiger partial charge in [-0.3, -0.25) is 19.6 Å². The number of aliphatic imine (C=N–C) groups is 1. The zero-order chi connectivity index (χ0) is 23.3. The minimum Gasteiger partial charge on any atom is -0.325 e. The van der Waals surface area contributed by atoms with Crippen molar-refractivity contribution in [3.05, 3.63) is 71.9 Å². The average Bonchev–Trinajstić information content (AvgIpc) is 3.55. The van der Waals surface area contributed by atoms with E-state index in [2.05, 4.69) is 30.2 Å². The Bertz CT molecular complexity index is 1700. The number of nitrogens with one attached hydrogen (secondary N) is 3. The fourth-order valence-corrected chi connectivity index (χ4v) is 5.86. The third kappa shape index (κ3) is 3.51. The first-order chi connectivity index (χ1) is 16.5. The molecule has 3 aromatic carbocycles. The van der Waals surface area contributed by atoms with Gasteiger partial charge in [0.1, 0.15) is 5.92 Å². The zero-order valence-electron chi connectivity index (χ0n) is 17.4. The van der Waals surface area contributed by atoms with Crippen molar-refractivity contribution < 1.29 is 13.2 Å². The molecule has 9 nitrogen and oxygen atoms in total. The van der Waals surface area contributed by atoms with Gasteiger partial charge in [-0.1, -0.05) is 0 Å². The second-order valence-electron chi connectivity index (χ2n) is 7.74. The molecule has 1 unspecified atom stereocenters. The van der Waals surface area contributed by atoms with Crippen LogP contribution in [0.3, 0.4) is 0 Å². The number of carbonyl (C=O) groups excluding carboxylic acids is 1. The smallest absolute Gasteiger partial charge is 0.261 e. The number of aromatic amines is 1. The summed E-state index contributed by atoms with van der Waals surface area (Å²) in [4.78, 5) is 21.4. The number of nitrogens with zero attached hydrogens (tertiary/aromatic N) is 3. The average molecular weight is 489 g/mol. The molecule has 11 heteroatoms. The number of thiazole rings is 1. The van der Waals surface area contributed by atoms with Crippen LogP contribution >= 0.6 is 11.3 Å². The normalized spacial score (nSPS) is 15.8. The summed E-state index contributed by atoms with van der Waals surface area (Å²) in [6, 6.07) is 15.0. The van der Waals surface area contributed by atoms with Gasteiger partial charge in [-0.15, -0.1) is 11.3 Å². The summed E-state index contributed by atoms with van der Waals surface area (Å²) in [5.74, 6) is -0.695. The fourth-order valence-electron chi connectivity index (χ4n) is 3.94. The van der Waals surface area contributed by atoms with Crippen molar-refractivity contribution in [1.29, 1.82) is 0 Å². The monoisotopic (exact) mass is 488 g/mol. The molecule has 1 atom stereocenters. The molecule has 3 N–H and O–H groups in total. The third-order valence-electron chi connectivity index (χ3n) is 5.60. The lowest BCUT2D eigenvalue weighted by atomic mass is 10.0. The summed E-state index contributed by atoms with van der Waals surface area (Å²) in [5.41, 5.74) is 5.92. The predicted molar refractivity (Wildman–Crippen MR) is 132 cm³/mol. The van der Waals surface area contributed by atoms with Crippen molar-refractivity contribution in [1.82, 2.24) is 15.2 Å². The summed E-state index contributed by atoms with van der Waals surface area (Å²) in [7, 11) is -3.78. The lowest BCUT2D eigenvalue weighted by Crippen LogP contribution is -2.13. The highest BCUT2D eigenvalue weighted by Crippen LogP contribution is 2.39. The van der Waals surface area contributed by atoms with E-state index >= 15 is 0 Å². The zero-order valence-corrected chi connectivity index (χ0v) is 19.0. The molecule has 1 aliphatic heterocycles. The molecular formula is C23H16N6O3S2. The van der Waals surface area contributed by atoms with Crippen LogP contribution in [0.15, 0.2) is 76.2 Å². The minimum atomic E-state index is -3.78. The summed E-state index contributed by atoms with van der Waals surface area (Å²) >= 11 is 1.48. The van der Waals surface area contributed by atoms with E-state index in [-0.39, 0.29) is 10.8 Å². The number of benzene rings is 3. The number of hydrogen-bond donors (Lipinski definition) is 3. The molecule has 34 heavy (non-hydrogen) atoms. The van der Waals surface area contributed by atoms with Crippen molar-refractivity contribution >= 4 is 71.7 Å².